The molecule has 0 aliphatic carbocycles. The standard InChI is InChI=1S/C13H13N/c1-3-14-10-4-5-13(14)12-8-6-11(2)7-9-12/h3-10H,1H2,2H3. The van der Waals surface area contributed by atoms with Crippen molar-refractivity contribution in [3.8, 4) is 11.3 Å². The van der Waals surface area contributed by atoms with E-state index in [9.17, 15) is 0 Å². The molecule has 0 aliphatic rings. The van der Waals surface area contributed by atoms with E-state index in [4.69, 9.17) is 0 Å². The van der Waals surface area contributed by atoms with Gasteiger partial charge in [0.05, 0.1) is 5.69 Å². The van der Waals surface area contributed by atoms with Gasteiger partial charge in [0.2, 0.25) is 0 Å². The third-order valence-corrected chi connectivity index (χ3v) is 2.32. The second-order valence-corrected chi connectivity index (χ2v) is 3.35. The Kier molecular flexibility index (Phi) is 2.23. The first-order valence-electron chi connectivity index (χ1n) is 4.67. The van der Waals surface area contributed by atoms with Gasteiger partial charge in [-0.2, -0.15) is 0 Å². The van der Waals surface area contributed by atoms with Crippen molar-refractivity contribution >= 4 is 6.20 Å². The highest BCUT2D eigenvalue weighted by molar-refractivity contribution is 5.62. The lowest BCUT2D eigenvalue weighted by Crippen LogP contribution is -1.87. The Balaban J connectivity index is 2.49. The number of rotatable bonds is 2. The van der Waals surface area contributed by atoms with Crippen LogP contribution in [0.15, 0.2) is 49.2 Å². The minimum Gasteiger partial charge on any atom is -0.324 e. The molecule has 1 heterocycles. The number of aromatic nitrogens is 1. The van der Waals surface area contributed by atoms with E-state index < -0.39 is 0 Å². The Labute approximate surface area is 84.3 Å². The molecule has 1 aromatic carbocycles. The lowest BCUT2D eigenvalue weighted by atomic mass is 10.1. The summed E-state index contributed by atoms with van der Waals surface area (Å²) in [5, 5.41) is 0. The molecule has 2 rings (SSSR count). The van der Waals surface area contributed by atoms with E-state index in [1.54, 1.807) is 0 Å². The first-order chi connectivity index (χ1) is 6.81. The highest BCUT2D eigenvalue weighted by Crippen LogP contribution is 2.20. The highest BCUT2D eigenvalue weighted by Gasteiger charge is 2.00. The molecule has 0 saturated carbocycles. The Bertz CT molecular complexity index is 435. The number of nitrogens with zero attached hydrogens (tertiary/aromatic N) is 1. The summed E-state index contributed by atoms with van der Waals surface area (Å²) in [5.74, 6) is 0. The molecule has 0 atom stereocenters. The van der Waals surface area contributed by atoms with Gasteiger partial charge in [0.25, 0.3) is 0 Å². The Morgan fingerprint density at radius 2 is 1.86 bits per heavy atom. The zero-order chi connectivity index (χ0) is 9.97. The van der Waals surface area contributed by atoms with Gasteiger partial charge in [-0.25, -0.2) is 0 Å². The van der Waals surface area contributed by atoms with Crippen LogP contribution in [-0.4, -0.2) is 4.57 Å². The topological polar surface area (TPSA) is 4.93 Å². The van der Waals surface area contributed by atoms with E-state index >= 15 is 0 Å². The maximum atomic E-state index is 3.77. The third-order valence-electron chi connectivity index (χ3n) is 2.32. The lowest BCUT2D eigenvalue weighted by Gasteiger charge is -2.03. The molecular formula is C13H13N. The quantitative estimate of drug-likeness (QED) is 0.670. The summed E-state index contributed by atoms with van der Waals surface area (Å²) in [7, 11) is 0. The Morgan fingerprint density at radius 3 is 2.50 bits per heavy atom. The first kappa shape index (κ1) is 8.82. The van der Waals surface area contributed by atoms with Gasteiger partial charge in [0.1, 0.15) is 0 Å². The molecule has 14 heavy (non-hydrogen) atoms. The van der Waals surface area contributed by atoms with E-state index in [0.29, 0.717) is 0 Å². The van der Waals surface area contributed by atoms with Crippen molar-refractivity contribution in [2.24, 2.45) is 0 Å². The van der Waals surface area contributed by atoms with Gasteiger partial charge in [-0.05, 0) is 24.6 Å². The smallest absolute Gasteiger partial charge is 0.0522 e. The summed E-state index contributed by atoms with van der Waals surface area (Å²) in [6.07, 6.45) is 3.82. The third kappa shape index (κ3) is 1.49. The summed E-state index contributed by atoms with van der Waals surface area (Å²) >= 11 is 0. The predicted molar refractivity (Wildman–Crippen MR) is 61.0 cm³/mol. The number of hydrogen-bond donors (Lipinski definition) is 0. The molecule has 1 heteroatoms. The number of hydrogen-bond acceptors (Lipinski definition) is 0. The van der Waals surface area contributed by atoms with Gasteiger partial charge in [0.15, 0.2) is 0 Å². The summed E-state index contributed by atoms with van der Waals surface area (Å²) < 4.78 is 2.02. The summed E-state index contributed by atoms with van der Waals surface area (Å²) in [4.78, 5) is 0. The Hall–Kier alpha value is -1.76. The van der Waals surface area contributed by atoms with Crippen LogP contribution in [-0.2, 0) is 0 Å². The fourth-order valence-electron chi connectivity index (χ4n) is 1.52. The molecule has 0 fully saturated rings. The monoisotopic (exact) mass is 183 g/mol. The highest BCUT2D eigenvalue weighted by atomic mass is 14.9. The molecule has 0 radical (unpaired) electrons. The van der Waals surface area contributed by atoms with Crippen molar-refractivity contribution in [2.45, 2.75) is 6.92 Å². The van der Waals surface area contributed by atoms with Crippen LogP contribution < -0.4 is 0 Å². The zero-order valence-corrected chi connectivity index (χ0v) is 8.27. The van der Waals surface area contributed by atoms with Crippen LogP contribution in [0.3, 0.4) is 0 Å². The van der Waals surface area contributed by atoms with Crippen LogP contribution in [0.2, 0.25) is 0 Å². The van der Waals surface area contributed by atoms with Crippen LogP contribution in [0.4, 0.5) is 0 Å². The summed E-state index contributed by atoms with van der Waals surface area (Å²) in [6.45, 7) is 5.86. The van der Waals surface area contributed by atoms with Gasteiger partial charge in [-0.1, -0.05) is 36.4 Å². The van der Waals surface area contributed by atoms with Crippen molar-refractivity contribution in [1.29, 1.82) is 0 Å². The average Bonchev–Trinajstić information content (AvgIpc) is 2.67. The first-order valence-corrected chi connectivity index (χ1v) is 4.67. The van der Waals surface area contributed by atoms with Gasteiger partial charge in [-0.3, -0.25) is 0 Å². The van der Waals surface area contributed by atoms with Crippen LogP contribution in [0.5, 0.6) is 0 Å². The van der Waals surface area contributed by atoms with Gasteiger partial charge < -0.3 is 4.57 Å². The molecule has 2 aromatic rings. The molecule has 0 unspecified atom stereocenters. The van der Waals surface area contributed by atoms with Crippen molar-refractivity contribution in [2.75, 3.05) is 0 Å². The molecule has 0 amide bonds. The molecule has 70 valence electrons. The van der Waals surface area contributed by atoms with Crippen LogP contribution >= 0.6 is 0 Å². The van der Waals surface area contributed by atoms with Gasteiger partial charge in [-0.15, -0.1) is 0 Å². The molecule has 1 nitrogen and oxygen atoms in total. The Morgan fingerprint density at radius 1 is 1.14 bits per heavy atom. The second kappa shape index (κ2) is 3.54. The molecule has 0 spiro atoms. The van der Waals surface area contributed by atoms with Crippen LogP contribution in [0.1, 0.15) is 5.56 Å². The predicted octanol–water partition coefficient (Wildman–Crippen LogP) is 3.56. The van der Waals surface area contributed by atoms with Crippen molar-refractivity contribution < 1.29 is 0 Å². The maximum absolute atomic E-state index is 3.77. The molecule has 1 aromatic heterocycles. The van der Waals surface area contributed by atoms with E-state index in [0.717, 1.165) is 0 Å². The minimum absolute atomic E-state index is 1.18. The molecule has 0 bridgehead atoms. The molecule has 0 aliphatic heterocycles. The summed E-state index contributed by atoms with van der Waals surface area (Å²) in [5.41, 5.74) is 3.69. The van der Waals surface area contributed by atoms with E-state index in [1.807, 2.05) is 23.0 Å². The summed E-state index contributed by atoms with van der Waals surface area (Å²) in [6, 6.07) is 12.6. The van der Waals surface area contributed by atoms with E-state index in [1.165, 1.54) is 16.8 Å². The van der Waals surface area contributed by atoms with Gasteiger partial charge >= 0.3 is 0 Å². The van der Waals surface area contributed by atoms with Gasteiger partial charge in [0, 0.05) is 12.4 Å². The van der Waals surface area contributed by atoms with E-state index in [-0.39, 0.29) is 0 Å². The zero-order valence-electron chi connectivity index (χ0n) is 8.27. The number of benzene rings is 1. The molecule has 0 N–H and O–H groups in total. The lowest BCUT2D eigenvalue weighted by molar-refractivity contribution is 1.18. The maximum Gasteiger partial charge on any atom is 0.0522 e. The van der Waals surface area contributed by atoms with Crippen LogP contribution in [0.25, 0.3) is 17.5 Å². The van der Waals surface area contributed by atoms with E-state index in [2.05, 4.69) is 43.8 Å². The van der Waals surface area contributed by atoms with Crippen molar-refractivity contribution in [3.05, 3.63) is 54.7 Å². The number of aryl methyl sites for hydroxylation is 1. The fourth-order valence-corrected chi connectivity index (χ4v) is 1.52. The molecule has 0 saturated heterocycles. The van der Waals surface area contributed by atoms with Crippen LogP contribution in [0, 0.1) is 6.92 Å². The van der Waals surface area contributed by atoms with Crippen molar-refractivity contribution in [1.82, 2.24) is 4.57 Å². The normalized spacial score (nSPS) is 10.1. The largest absolute Gasteiger partial charge is 0.324 e. The average molecular weight is 183 g/mol. The molecular weight excluding hydrogens is 170 g/mol. The SMILES string of the molecule is C=Cn1cccc1-c1ccc(C)cc1. The second-order valence-electron chi connectivity index (χ2n) is 3.35. The van der Waals surface area contributed by atoms with Crippen molar-refractivity contribution in [3.63, 3.8) is 0 Å². The minimum atomic E-state index is 1.18. The fraction of sp³-hybridized carbons (Fsp3) is 0.0769.